The zero-order chi connectivity index (χ0) is 12.4. The van der Waals surface area contributed by atoms with Crippen molar-refractivity contribution in [3.63, 3.8) is 0 Å². The van der Waals surface area contributed by atoms with Crippen molar-refractivity contribution < 1.29 is 22.7 Å². The quantitative estimate of drug-likeness (QED) is 0.432. The number of alkyl halides is 3. The molecule has 94 valence electrons. The number of nitrogens with one attached hydrogen (secondary N) is 1. The molecule has 1 aliphatic rings. The van der Waals surface area contributed by atoms with E-state index in [9.17, 15) is 18.0 Å². The van der Waals surface area contributed by atoms with E-state index in [-0.39, 0.29) is 25.7 Å². The predicted octanol–water partition coefficient (Wildman–Crippen LogP) is 1.11. The first kappa shape index (κ1) is 13.2. The van der Waals surface area contributed by atoms with Crippen LogP contribution in [0.3, 0.4) is 0 Å². The summed E-state index contributed by atoms with van der Waals surface area (Å²) in [5.74, 6) is 4.08. The summed E-state index contributed by atoms with van der Waals surface area (Å²) in [6.07, 6.45) is -4.53. The number of rotatable bonds is 2. The van der Waals surface area contributed by atoms with E-state index >= 15 is 0 Å². The second-order valence-corrected chi connectivity index (χ2v) is 3.98. The fourth-order valence-electron chi connectivity index (χ4n) is 2.07. The minimum atomic E-state index is -4.40. The minimum Gasteiger partial charge on any atom is -0.369 e. The molecule has 0 aliphatic heterocycles. The van der Waals surface area contributed by atoms with E-state index in [2.05, 4.69) is 4.74 Å². The van der Waals surface area contributed by atoms with Gasteiger partial charge in [-0.25, -0.2) is 5.84 Å². The molecule has 1 aliphatic carbocycles. The Morgan fingerprint density at radius 2 is 1.94 bits per heavy atom. The third-order valence-electron chi connectivity index (χ3n) is 3.21. The van der Waals surface area contributed by atoms with Crippen molar-refractivity contribution in [1.29, 1.82) is 0 Å². The molecular formula is C9H15F3N2O2. The van der Waals surface area contributed by atoms with Crippen LogP contribution in [0.1, 0.15) is 25.7 Å². The van der Waals surface area contributed by atoms with Crippen LogP contribution in [0.2, 0.25) is 0 Å². The SMILES string of the molecule is COC1(C(F)(F)F)CCC(C(=O)NN)CC1. The lowest BCUT2D eigenvalue weighted by Crippen LogP contribution is -2.51. The summed E-state index contributed by atoms with van der Waals surface area (Å²) in [6, 6.07) is 0. The summed E-state index contributed by atoms with van der Waals surface area (Å²) >= 11 is 0. The molecule has 1 amide bonds. The second kappa shape index (κ2) is 4.58. The van der Waals surface area contributed by atoms with Gasteiger partial charge in [-0.05, 0) is 25.7 Å². The number of carbonyl (C=O) groups is 1. The van der Waals surface area contributed by atoms with E-state index in [0.717, 1.165) is 7.11 Å². The summed E-state index contributed by atoms with van der Waals surface area (Å²) in [7, 11) is 1.05. The molecule has 0 unspecified atom stereocenters. The second-order valence-electron chi connectivity index (χ2n) is 3.98. The Hall–Kier alpha value is -0.820. The number of hydrogen-bond donors (Lipinski definition) is 2. The van der Waals surface area contributed by atoms with Gasteiger partial charge in [-0.2, -0.15) is 13.2 Å². The highest BCUT2D eigenvalue weighted by atomic mass is 19.4. The molecule has 0 heterocycles. The van der Waals surface area contributed by atoms with Crippen molar-refractivity contribution in [2.24, 2.45) is 11.8 Å². The van der Waals surface area contributed by atoms with Gasteiger partial charge in [0, 0.05) is 13.0 Å². The molecule has 4 nitrogen and oxygen atoms in total. The number of hydrazine groups is 1. The third kappa shape index (κ3) is 2.30. The molecule has 7 heteroatoms. The zero-order valence-corrected chi connectivity index (χ0v) is 8.93. The number of ether oxygens (including phenoxy) is 1. The van der Waals surface area contributed by atoms with Crippen LogP contribution in [0.4, 0.5) is 13.2 Å². The topological polar surface area (TPSA) is 64.3 Å². The molecule has 0 aromatic rings. The summed E-state index contributed by atoms with van der Waals surface area (Å²) < 4.78 is 42.9. The van der Waals surface area contributed by atoms with Crippen LogP contribution in [-0.4, -0.2) is 24.8 Å². The summed E-state index contributed by atoms with van der Waals surface area (Å²) in [6.45, 7) is 0. The van der Waals surface area contributed by atoms with Crippen LogP contribution in [-0.2, 0) is 9.53 Å². The number of hydrogen-bond acceptors (Lipinski definition) is 3. The lowest BCUT2D eigenvalue weighted by molar-refractivity contribution is -0.281. The van der Waals surface area contributed by atoms with Gasteiger partial charge in [-0.3, -0.25) is 10.2 Å². The van der Waals surface area contributed by atoms with Gasteiger partial charge in [0.05, 0.1) is 0 Å². The van der Waals surface area contributed by atoms with E-state index in [0.29, 0.717) is 0 Å². The maximum atomic E-state index is 12.8. The highest BCUT2D eigenvalue weighted by molar-refractivity contribution is 5.78. The average Bonchev–Trinajstić information content (AvgIpc) is 2.26. The fourth-order valence-corrected chi connectivity index (χ4v) is 2.07. The van der Waals surface area contributed by atoms with E-state index in [4.69, 9.17) is 5.84 Å². The lowest BCUT2D eigenvalue weighted by atomic mass is 9.78. The standard InChI is InChI=1S/C9H15F3N2O2/c1-16-8(9(10,11)12)4-2-6(3-5-8)7(15)14-13/h6H,2-5,13H2,1H3,(H,14,15). The first-order valence-corrected chi connectivity index (χ1v) is 4.98. The average molecular weight is 240 g/mol. The van der Waals surface area contributed by atoms with Crippen LogP contribution in [0.5, 0.6) is 0 Å². The smallest absolute Gasteiger partial charge is 0.369 e. The number of amides is 1. The van der Waals surface area contributed by atoms with Gasteiger partial charge in [0.25, 0.3) is 0 Å². The van der Waals surface area contributed by atoms with Gasteiger partial charge in [-0.1, -0.05) is 0 Å². The molecule has 3 N–H and O–H groups in total. The fraction of sp³-hybridized carbons (Fsp3) is 0.889. The molecule has 0 saturated heterocycles. The van der Waals surface area contributed by atoms with Crippen LogP contribution >= 0.6 is 0 Å². The molecule has 1 fully saturated rings. The van der Waals surface area contributed by atoms with E-state index < -0.39 is 23.6 Å². The van der Waals surface area contributed by atoms with Crippen LogP contribution < -0.4 is 11.3 Å². The predicted molar refractivity (Wildman–Crippen MR) is 50.1 cm³/mol. The van der Waals surface area contributed by atoms with E-state index in [1.165, 1.54) is 0 Å². The Morgan fingerprint density at radius 3 is 2.25 bits per heavy atom. The third-order valence-corrected chi connectivity index (χ3v) is 3.21. The lowest BCUT2D eigenvalue weighted by Gasteiger charge is -2.39. The Balaban J connectivity index is 2.68. The van der Waals surface area contributed by atoms with Crippen molar-refractivity contribution in [2.75, 3.05) is 7.11 Å². The van der Waals surface area contributed by atoms with Gasteiger partial charge in [-0.15, -0.1) is 0 Å². The molecule has 0 bridgehead atoms. The molecule has 0 aromatic heterocycles. The first-order chi connectivity index (χ1) is 7.36. The summed E-state index contributed by atoms with van der Waals surface area (Å²) in [4.78, 5) is 11.2. The molecule has 1 saturated carbocycles. The van der Waals surface area contributed by atoms with Gasteiger partial charge >= 0.3 is 6.18 Å². The number of nitrogens with two attached hydrogens (primary N) is 1. The Kier molecular flexibility index (Phi) is 3.80. The molecule has 1 rings (SSSR count). The Bertz CT molecular complexity index is 260. The number of carbonyl (C=O) groups excluding carboxylic acids is 1. The minimum absolute atomic E-state index is 0.135. The molecule has 0 spiro atoms. The van der Waals surface area contributed by atoms with Crippen molar-refractivity contribution in [3.05, 3.63) is 0 Å². The highest BCUT2D eigenvalue weighted by Gasteiger charge is 2.56. The van der Waals surface area contributed by atoms with Crippen LogP contribution in [0, 0.1) is 5.92 Å². The van der Waals surface area contributed by atoms with Crippen molar-refractivity contribution in [3.8, 4) is 0 Å². The van der Waals surface area contributed by atoms with Gasteiger partial charge in [0.1, 0.15) is 0 Å². The molecule has 0 radical (unpaired) electrons. The van der Waals surface area contributed by atoms with E-state index in [1.807, 2.05) is 5.43 Å². The maximum absolute atomic E-state index is 12.8. The van der Waals surface area contributed by atoms with Crippen molar-refractivity contribution >= 4 is 5.91 Å². The molecule has 0 aromatic carbocycles. The monoisotopic (exact) mass is 240 g/mol. The van der Waals surface area contributed by atoms with E-state index in [1.54, 1.807) is 0 Å². The number of methoxy groups -OCH3 is 1. The van der Waals surface area contributed by atoms with Crippen molar-refractivity contribution in [2.45, 2.75) is 37.5 Å². The maximum Gasteiger partial charge on any atom is 0.417 e. The zero-order valence-electron chi connectivity index (χ0n) is 8.93. The van der Waals surface area contributed by atoms with Crippen molar-refractivity contribution in [1.82, 2.24) is 5.43 Å². The molecule has 0 atom stereocenters. The molecular weight excluding hydrogens is 225 g/mol. The number of halogens is 3. The highest BCUT2D eigenvalue weighted by Crippen LogP contribution is 2.45. The van der Waals surface area contributed by atoms with Gasteiger partial charge in [0.15, 0.2) is 5.60 Å². The largest absolute Gasteiger partial charge is 0.417 e. The first-order valence-electron chi connectivity index (χ1n) is 4.98. The van der Waals surface area contributed by atoms with Crippen LogP contribution in [0.25, 0.3) is 0 Å². The summed E-state index contributed by atoms with van der Waals surface area (Å²) in [5.41, 5.74) is -0.141. The summed E-state index contributed by atoms with van der Waals surface area (Å²) in [5, 5.41) is 0. The normalized spacial score (nSPS) is 31.2. The van der Waals surface area contributed by atoms with Crippen LogP contribution in [0.15, 0.2) is 0 Å². The van der Waals surface area contributed by atoms with Gasteiger partial charge in [0.2, 0.25) is 5.91 Å². The Labute approximate surface area is 91.3 Å². The molecule has 16 heavy (non-hydrogen) atoms. The Morgan fingerprint density at radius 1 is 1.44 bits per heavy atom. The van der Waals surface area contributed by atoms with Gasteiger partial charge < -0.3 is 4.74 Å².